The topological polar surface area (TPSA) is 73.1 Å². The van der Waals surface area contributed by atoms with Gasteiger partial charge in [0.1, 0.15) is 0 Å². The molecule has 0 unspecified atom stereocenters. The molecule has 6 heteroatoms. The molecule has 0 amide bonds. The molecule has 0 aliphatic heterocycles. The Morgan fingerprint density at radius 2 is 1.56 bits per heavy atom. The number of pyridine rings is 1. The van der Waals surface area contributed by atoms with Crippen molar-refractivity contribution in [3.05, 3.63) is 59.7 Å². The van der Waals surface area contributed by atoms with Gasteiger partial charge in [0, 0.05) is 6.20 Å². The quantitative estimate of drug-likeness (QED) is 0.850. The largest absolute Gasteiger partial charge is 0.238 e. The summed E-state index contributed by atoms with van der Waals surface area (Å²) < 4.78 is 36.1. The van der Waals surface area contributed by atoms with Crippen molar-refractivity contribution in [2.24, 2.45) is 10.6 Å². The average Bonchev–Trinajstić information content (AvgIpc) is 2.96. The molecule has 2 N–H and O–H groups in total. The maximum atomic E-state index is 13.2. The molecule has 0 atom stereocenters. The number of hydrogen-bond acceptors (Lipinski definition) is 3. The first-order valence-electron chi connectivity index (χ1n) is 8.34. The van der Waals surface area contributed by atoms with Crippen LogP contribution in [0.25, 0.3) is 11.1 Å². The number of nitrogens with zero attached hydrogens (tertiary/aromatic N) is 1. The SMILES string of the molecule is NS(=O)(=O)c1ccc(C2=C(c3ccc(F)nc3)CC3(CCC3)C2)cc1. The standard InChI is InChI=1S/C19H19FN2O2S/c20-18-7-4-14(12-22-18)17-11-19(8-1-9-19)10-16(17)13-2-5-15(6-3-13)25(21,23)24/h2-7,12H,1,8-11H2,(H2,21,23,24). The number of sulfonamides is 1. The molecule has 1 fully saturated rings. The first-order valence-corrected chi connectivity index (χ1v) is 9.88. The second-order valence-electron chi connectivity index (χ2n) is 7.10. The number of nitrogens with two attached hydrogens (primary N) is 1. The molecule has 0 radical (unpaired) electrons. The van der Waals surface area contributed by atoms with E-state index in [9.17, 15) is 12.8 Å². The maximum absolute atomic E-state index is 13.2. The zero-order valence-corrected chi connectivity index (χ0v) is 14.5. The van der Waals surface area contributed by atoms with Crippen LogP contribution in [0, 0.1) is 11.4 Å². The molecule has 0 bridgehead atoms. The number of allylic oxidation sites excluding steroid dienone is 2. The highest BCUT2D eigenvalue weighted by molar-refractivity contribution is 7.89. The third kappa shape index (κ3) is 3.00. The summed E-state index contributed by atoms with van der Waals surface area (Å²) in [7, 11) is -3.70. The van der Waals surface area contributed by atoms with Crippen molar-refractivity contribution in [1.82, 2.24) is 4.98 Å². The minimum absolute atomic E-state index is 0.109. The van der Waals surface area contributed by atoms with Gasteiger partial charge < -0.3 is 0 Å². The van der Waals surface area contributed by atoms with Crippen LogP contribution in [0.3, 0.4) is 0 Å². The summed E-state index contributed by atoms with van der Waals surface area (Å²) in [5.74, 6) is -0.486. The summed E-state index contributed by atoms with van der Waals surface area (Å²) in [5, 5.41) is 5.18. The first kappa shape index (κ1) is 16.4. The smallest absolute Gasteiger partial charge is 0.228 e. The molecule has 1 heterocycles. The Labute approximate surface area is 146 Å². The molecule has 2 aromatic rings. The first-order chi connectivity index (χ1) is 11.9. The van der Waals surface area contributed by atoms with Crippen LogP contribution in [0.2, 0.25) is 0 Å². The lowest BCUT2D eigenvalue weighted by Crippen LogP contribution is -2.26. The van der Waals surface area contributed by atoms with Gasteiger partial charge in [0.15, 0.2) is 0 Å². The van der Waals surface area contributed by atoms with Crippen LogP contribution in [-0.2, 0) is 10.0 Å². The molecule has 4 nitrogen and oxygen atoms in total. The van der Waals surface area contributed by atoms with Gasteiger partial charge in [-0.15, -0.1) is 0 Å². The number of rotatable bonds is 3. The van der Waals surface area contributed by atoms with Gasteiger partial charge in [-0.3, -0.25) is 0 Å². The molecule has 1 spiro atoms. The number of hydrogen-bond donors (Lipinski definition) is 1. The number of halogens is 1. The van der Waals surface area contributed by atoms with Gasteiger partial charge in [0.05, 0.1) is 4.90 Å². The highest BCUT2D eigenvalue weighted by Crippen LogP contribution is 2.59. The van der Waals surface area contributed by atoms with Gasteiger partial charge in [-0.1, -0.05) is 18.6 Å². The fraction of sp³-hybridized carbons (Fsp3) is 0.316. The van der Waals surface area contributed by atoms with Crippen molar-refractivity contribution < 1.29 is 12.8 Å². The Hall–Kier alpha value is -2.05. The molecular weight excluding hydrogens is 339 g/mol. The monoisotopic (exact) mass is 358 g/mol. The lowest BCUT2D eigenvalue weighted by Gasteiger charge is -2.39. The number of benzene rings is 1. The minimum atomic E-state index is -3.70. The summed E-state index contributed by atoms with van der Waals surface area (Å²) in [4.78, 5) is 3.90. The zero-order valence-electron chi connectivity index (χ0n) is 13.7. The highest BCUT2D eigenvalue weighted by Gasteiger charge is 2.43. The van der Waals surface area contributed by atoms with Gasteiger partial charge in [-0.2, -0.15) is 4.39 Å². The Morgan fingerprint density at radius 1 is 0.960 bits per heavy atom. The molecular formula is C19H19FN2O2S. The molecule has 1 aromatic heterocycles. The summed E-state index contributed by atoms with van der Waals surface area (Å²) in [6, 6.07) is 9.87. The minimum Gasteiger partial charge on any atom is -0.228 e. The van der Waals surface area contributed by atoms with Crippen LogP contribution >= 0.6 is 0 Å². The van der Waals surface area contributed by atoms with Gasteiger partial charge >= 0.3 is 0 Å². The van der Waals surface area contributed by atoms with Gasteiger partial charge in [-0.25, -0.2) is 18.5 Å². The molecule has 2 aliphatic carbocycles. The van der Waals surface area contributed by atoms with Crippen LogP contribution in [-0.4, -0.2) is 13.4 Å². The van der Waals surface area contributed by atoms with E-state index in [0.717, 1.165) is 24.0 Å². The third-order valence-corrected chi connectivity index (χ3v) is 6.42. The van der Waals surface area contributed by atoms with E-state index in [0.29, 0.717) is 5.41 Å². The van der Waals surface area contributed by atoms with Crippen molar-refractivity contribution in [2.75, 3.05) is 0 Å². The fourth-order valence-corrected chi connectivity index (χ4v) is 4.52. The molecule has 1 aromatic carbocycles. The van der Waals surface area contributed by atoms with E-state index in [1.807, 2.05) is 12.1 Å². The lowest BCUT2D eigenvalue weighted by molar-refractivity contribution is 0.157. The van der Waals surface area contributed by atoms with Crippen molar-refractivity contribution in [3.8, 4) is 0 Å². The summed E-state index contributed by atoms with van der Waals surface area (Å²) in [6.45, 7) is 0. The Balaban J connectivity index is 1.77. The van der Waals surface area contributed by atoms with E-state index < -0.39 is 16.0 Å². The fourth-order valence-electron chi connectivity index (χ4n) is 4.01. The maximum Gasteiger partial charge on any atom is 0.238 e. The normalized spacial score (nSPS) is 19.3. The predicted molar refractivity (Wildman–Crippen MR) is 94.3 cm³/mol. The molecule has 130 valence electrons. The van der Waals surface area contributed by atoms with Gasteiger partial charge in [-0.05, 0) is 77.6 Å². The zero-order chi connectivity index (χ0) is 17.7. The van der Waals surface area contributed by atoms with Crippen LogP contribution < -0.4 is 5.14 Å². The predicted octanol–water partition coefficient (Wildman–Crippen LogP) is 3.74. The van der Waals surface area contributed by atoms with Crippen LogP contribution in [0.1, 0.15) is 43.2 Å². The van der Waals surface area contributed by atoms with Crippen LogP contribution in [0.15, 0.2) is 47.5 Å². The van der Waals surface area contributed by atoms with E-state index in [1.54, 1.807) is 24.4 Å². The van der Waals surface area contributed by atoms with E-state index >= 15 is 0 Å². The van der Waals surface area contributed by atoms with Crippen molar-refractivity contribution in [3.63, 3.8) is 0 Å². The third-order valence-electron chi connectivity index (χ3n) is 5.49. The van der Waals surface area contributed by atoms with E-state index in [1.165, 1.54) is 36.5 Å². The second kappa shape index (κ2) is 5.75. The Morgan fingerprint density at radius 3 is 2.04 bits per heavy atom. The molecule has 4 rings (SSSR count). The van der Waals surface area contributed by atoms with E-state index in [4.69, 9.17) is 5.14 Å². The lowest BCUT2D eigenvalue weighted by atomic mass is 9.66. The van der Waals surface area contributed by atoms with E-state index in [-0.39, 0.29) is 4.90 Å². The average molecular weight is 358 g/mol. The Kier molecular flexibility index (Phi) is 3.77. The highest BCUT2D eigenvalue weighted by atomic mass is 32.2. The van der Waals surface area contributed by atoms with Gasteiger partial charge in [0.25, 0.3) is 0 Å². The summed E-state index contributed by atoms with van der Waals surface area (Å²) in [5.41, 5.74) is 4.63. The van der Waals surface area contributed by atoms with Crippen LogP contribution in [0.4, 0.5) is 4.39 Å². The summed E-state index contributed by atoms with van der Waals surface area (Å²) >= 11 is 0. The second-order valence-corrected chi connectivity index (χ2v) is 8.66. The van der Waals surface area contributed by atoms with Crippen molar-refractivity contribution >= 4 is 21.2 Å². The molecule has 25 heavy (non-hydrogen) atoms. The molecule has 1 saturated carbocycles. The molecule has 0 saturated heterocycles. The van der Waals surface area contributed by atoms with E-state index in [2.05, 4.69) is 4.98 Å². The van der Waals surface area contributed by atoms with Crippen LogP contribution in [0.5, 0.6) is 0 Å². The van der Waals surface area contributed by atoms with Crippen molar-refractivity contribution in [1.29, 1.82) is 0 Å². The van der Waals surface area contributed by atoms with Crippen molar-refractivity contribution in [2.45, 2.75) is 37.0 Å². The number of primary sulfonamides is 1. The number of aromatic nitrogens is 1. The molecule has 2 aliphatic rings. The Bertz CT molecular complexity index is 944. The van der Waals surface area contributed by atoms with Gasteiger partial charge in [0.2, 0.25) is 16.0 Å². The summed E-state index contributed by atoms with van der Waals surface area (Å²) in [6.07, 6.45) is 7.16.